The Labute approximate surface area is 179 Å². The molecule has 0 radical (unpaired) electrons. The molecule has 30 heavy (non-hydrogen) atoms. The van der Waals surface area contributed by atoms with Crippen LogP contribution in [0.25, 0.3) is 22.3 Å². The summed E-state index contributed by atoms with van der Waals surface area (Å²) in [6.45, 7) is 9.38. The van der Waals surface area contributed by atoms with Gasteiger partial charge in [0.25, 0.3) is 5.56 Å². The van der Waals surface area contributed by atoms with Crippen molar-refractivity contribution in [1.29, 1.82) is 0 Å². The zero-order valence-corrected chi connectivity index (χ0v) is 18.3. The third-order valence-electron chi connectivity index (χ3n) is 4.99. The Hall–Kier alpha value is -3.00. The second-order valence-electron chi connectivity index (χ2n) is 8.06. The molecule has 0 unspecified atom stereocenters. The third kappa shape index (κ3) is 3.87. The van der Waals surface area contributed by atoms with Crippen molar-refractivity contribution in [3.8, 4) is 11.4 Å². The van der Waals surface area contributed by atoms with E-state index in [2.05, 4.69) is 77.0 Å². The van der Waals surface area contributed by atoms with E-state index < -0.39 is 0 Å². The molecular formula is C22H24N6OS. The molecule has 0 spiro atoms. The molecule has 2 aromatic heterocycles. The number of aromatic nitrogens is 6. The molecule has 0 saturated heterocycles. The molecule has 0 bridgehead atoms. The molecule has 4 rings (SSSR count). The van der Waals surface area contributed by atoms with E-state index in [1.807, 2.05) is 12.1 Å². The van der Waals surface area contributed by atoms with E-state index in [0.717, 1.165) is 23.1 Å². The number of benzene rings is 2. The van der Waals surface area contributed by atoms with Gasteiger partial charge in [0, 0.05) is 12.1 Å². The van der Waals surface area contributed by atoms with E-state index in [1.54, 1.807) is 12.1 Å². The maximum atomic E-state index is 12.6. The van der Waals surface area contributed by atoms with Crippen molar-refractivity contribution >= 4 is 22.7 Å². The number of hydrogen-bond donors (Lipinski definition) is 0. The summed E-state index contributed by atoms with van der Waals surface area (Å²) in [6.07, 6.45) is 0. The van der Waals surface area contributed by atoms with E-state index in [1.165, 1.54) is 22.0 Å². The lowest BCUT2D eigenvalue weighted by atomic mass is 9.87. The monoisotopic (exact) mass is 420 g/mol. The molecule has 8 heteroatoms. The number of thioether (sulfide) groups is 1. The molecule has 0 amide bonds. The number of fused-ring (bicyclic) bond motifs is 1. The van der Waals surface area contributed by atoms with Crippen molar-refractivity contribution in [2.45, 2.75) is 50.7 Å². The lowest BCUT2D eigenvalue weighted by molar-refractivity contribution is 0.590. The van der Waals surface area contributed by atoms with E-state index in [4.69, 9.17) is 0 Å². The predicted octanol–water partition coefficient (Wildman–Crippen LogP) is 4.12. The van der Waals surface area contributed by atoms with E-state index >= 15 is 0 Å². The summed E-state index contributed by atoms with van der Waals surface area (Å²) in [6, 6.07) is 15.7. The second-order valence-corrected chi connectivity index (χ2v) is 8.97. The Morgan fingerprint density at radius 3 is 2.40 bits per heavy atom. The van der Waals surface area contributed by atoms with E-state index in [0.29, 0.717) is 16.8 Å². The van der Waals surface area contributed by atoms with Crippen molar-refractivity contribution in [3.63, 3.8) is 0 Å². The van der Waals surface area contributed by atoms with Crippen LogP contribution in [0.4, 0.5) is 0 Å². The summed E-state index contributed by atoms with van der Waals surface area (Å²) >= 11 is 1.42. The highest BCUT2D eigenvalue weighted by atomic mass is 32.2. The van der Waals surface area contributed by atoms with Gasteiger partial charge in [-0.2, -0.15) is 4.68 Å². The molecule has 2 aromatic carbocycles. The Morgan fingerprint density at radius 2 is 1.70 bits per heavy atom. The maximum Gasteiger partial charge on any atom is 0.278 e. The Kier molecular flexibility index (Phi) is 5.42. The molecule has 0 N–H and O–H groups in total. The minimum absolute atomic E-state index is 0.103. The van der Waals surface area contributed by atoms with Gasteiger partial charge in [0.05, 0.1) is 11.3 Å². The molecule has 0 aliphatic heterocycles. The molecular weight excluding hydrogens is 396 g/mol. The fourth-order valence-corrected chi connectivity index (χ4v) is 4.12. The first kappa shape index (κ1) is 20.3. The average Bonchev–Trinajstić information content (AvgIpc) is 3.16. The molecule has 0 fully saturated rings. The summed E-state index contributed by atoms with van der Waals surface area (Å²) < 4.78 is 3.41. The third-order valence-corrected chi connectivity index (χ3v) is 5.92. The first-order valence-corrected chi connectivity index (χ1v) is 10.9. The highest BCUT2D eigenvalue weighted by Crippen LogP contribution is 2.28. The lowest BCUT2D eigenvalue weighted by Gasteiger charge is -2.19. The number of hydrogen-bond acceptors (Lipinski definition) is 6. The highest BCUT2D eigenvalue weighted by Gasteiger charge is 2.17. The Morgan fingerprint density at radius 1 is 0.967 bits per heavy atom. The van der Waals surface area contributed by atoms with Crippen molar-refractivity contribution in [2.24, 2.45) is 0 Å². The molecule has 4 aromatic rings. The van der Waals surface area contributed by atoms with Gasteiger partial charge in [0.15, 0.2) is 11.0 Å². The van der Waals surface area contributed by atoms with Crippen LogP contribution in [0.3, 0.4) is 0 Å². The molecule has 0 atom stereocenters. The summed E-state index contributed by atoms with van der Waals surface area (Å²) in [5.41, 5.74) is 2.84. The largest absolute Gasteiger partial charge is 0.302 e. The van der Waals surface area contributed by atoms with Crippen LogP contribution in [-0.4, -0.2) is 29.8 Å². The summed E-state index contributed by atoms with van der Waals surface area (Å²) in [7, 11) is 0. The molecule has 7 nitrogen and oxygen atoms in total. The van der Waals surface area contributed by atoms with Crippen LogP contribution in [0.1, 0.15) is 33.3 Å². The second kappa shape index (κ2) is 8.02. The predicted molar refractivity (Wildman–Crippen MR) is 119 cm³/mol. The minimum Gasteiger partial charge on any atom is -0.302 e. The van der Waals surface area contributed by atoms with Crippen LogP contribution < -0.4 is 5.56 Å². The summed E-state index contributed by atoms with van der Waals surface area (Å²) in [5, 5.41) is 18.2. The van der Waals surface area contributed by atoms with Gasteiger partial charge in [-0.25, -0.2) is 0 Å². The van der Waals surface area contributed by atoms with E-state index in [-0.39, 0.29) is 11.0 Å². The molecule has 0 aliphatic rings. The first-order chi connectivity index (χ1) is 14.4. The summed E-state index contributed by atoms with van der Waals surface area (Å²) in [5.74, 6) is 1.13. The normalized spacial score (nSPS) is 11.9. The van der Waals surface area contributed by atoms with Crippen molar-refractivity contribution in [3.05, 3.63) is 64.4 Å². The van der Waals surface area contributed by atoms with Crippen LogP contribution in [0.15, 0.2) is 58.5 Å². The van der Waals surface area contributed by atoms with E-state index in [9.17, 15) is 4.79 Å². The first-order valence-electron chi connectivity index (χ1n) is 9.88. The fraction of sp³-hybridized carbons (Fsp3) is 0.318. The van der Waals surface area contributed by atoms with Gasteiger partial charge in [0.2, 0.25) is 0 Å². The van der Waals surface area contributed by atoms with Gasteiger partial charge >= 0.3 is 0 Å². The zero-order chi connectivity index (χ0) is 21.3. The van der Waals surface area contributed by atoms with Crippen molar-refractivity contribution in [1.82, 2.24) is 29.8 Å². The van der Waals surface area contributed by atoms with Crippen LogP contribution in [0.5, 0.6) is 0 Å². The number of nitrogens with zero attached hydrogens (tertiary/aromatic N) is 6. The summed E-state index contributed by atoms with van der Waals surface area (Å²) in [4.78, 5) is 12.6. The molecule has 0 saturated carbocycles. The van der Waals surface area contributed by atoms with Crippen LogP contribution in [0.2, 0.25) is 0 Å². The SMILES string of the molecule is CCn1c(SCn2nnc3ccccc3c2=O)nnc1-c1ccc(C(C)(C)C)cc1. The number of rotatable bonds is 5. The fourth-order valence-electron chi connectivity index (χ4n) is 3.24. The van der Waals surface area contributed by atoms with Gasteiger partial charge in [0.1, 0.15) is 5.52 Å². The maximum absolute atomic E-state index is 12.6. The highest BCUT2D eigenvalue weighted by molar-refractivity contribution is 7.98. The van der Waals surface area contributed by atoms with Gasteiger partial charge in [-0.05, 0) is 30.0 Å². The van der Waals surface area contributed by atoms with Gasteiger partial charge in [-0.3, -0.25) is 4.79 Å². The topological polar surface area (TPSA) is 78.5 Å². The van der Waals surface area contributed by atoms with Crippen LogP contribution in [-0.2, 0) is 17.8 Å². The molecule has 0 aliphatic carbocycles. The standard InChI is InChI=1S/C22H24N6OS/c1-5-27-19(15-10-12-16(13-11-15)22(2,3)4)24-25-21(27)30-14-28-20(29)17-8-6-7-9-18(17)23-26-28/h6-13H,5,14H2,1-4H3. The Bertz CT molecular complexity index is 1240. The smallest absolute Gasteiger partial charge is 0.278 e. The zero-order valence-electron chi connectivity index (χ0n) is 17.5. The average molecular weight is 421 g/mol. The van der Waals surface area contributed by atoms with Crippen molar-refractivity contribution in [2.75, 3.05) is 0 Å². The van der Waals surface area contributed by atoms with Crippen molar-refractivity contribution < 1.29 is 0 Å². The molecule has 154 valence electrons. The lowest BCUT2D eigenvalue weighted by Crippen LogP contribution is -2.23. The Balaban J connectivity index is 1.59. The quantitative estimate of drug-likeness (QED) is 0.452. The van der Waals surface area contributed by atoms with Crippen LogP contribution in [0, 0.1) is 0 Å². The van der Waals surface area contributed by atoms with Crippen LogP contribution >= 0.6 is 11.8 Å². The van der Waals surface area contributed by atoms with Gasteiger partial charge in [-0.15, -0.1) is 15.3 Å². The molecule has 2 heterocycles. The van der Waals surface area contributed by atoms with Gasteiger partial charge < -0.3 is 4.57 Å². The minimum atomic E-state index is -0.159. The van der Waals surface area contributed by atoms with Gasteiger partial charge in [-0.1, -0.05) is 74.1 Å².